The lowest BCUT2D eigenvalue weighted by Gasteiger charge is -2.37. The van der Waals surface area contributed by atoms with Crippen molar-refractivity contribution >= 4 is 17.7 Å². The molecule has 10 nitrogen and oxygen atoms in total. The van der Waals surface area contributed by atoms with Crippen LogP contribution in [-0.4, -0.2) is 56.0 Å². The van der Waals surface area contributed by atoms with Crippen molar-refractivity contribution in [3.8, 4) is 17.2 Å². The predicted molar refractivity (Wildman–Crippen MR) is 136 cm³/mol. The van der Waals surface area contributed by atoms with Gasteiger partial charge >= 0.3 is 0 Å². The molecule has 0 aromatic carbocycles. The van der Waals surface area contributed by atoms with E-state index in [2.05, 4.69) is 40.6 Å². The Morgan fingerprint density at radius 3 is 2.43 bits per heavy atom. The number of nitrogens with zero attached hydrogens (tertiary/aromatic N) is 5. The minimum atomic E-state index is -0.941. The molecular weight excluding hydrogens is 470 g/mol. The van der Waals surface area contributed by atoms with Crippen LogP contribution in [0.3, 0.4) is 0 Å². The summed E-state index contributed by atoms with van der Waals surface area (Å²) in [7, 11) is 1.82. The average molecular weight is 506 g/mol. The molecule has 1 aliphatic carbocycles. The van der Waals surface area contributed by atoms with Gasteiger partial charge in [-0.05, 0) is 28.7 Å². The Bertz CT molecular complexity index is 1270. The van der Waals surface area contributed by atoms with Gasteiger partial charge < -0.3 is 15.5 Å². The van der Waals surface area contributed by atoms with Crippen molar-refractivity contribution in [2.24, 2.45) is 29.7 Å². The molecule has 3 amide bonds. The van der Waals surface area contributed by atoms with E-state index in [1.54, 1.807) is 28.2 Å². The van der Waals surface area contributed by atoms with E-state index < -0.39 is 23.5 Å². The number of likely N-dealkylation sites (tertiary alicyclic amines) is 1. The van der Waals surface area contributed by atoms with Crippen molar-refractivity contribution in [2.45, 2.75) is 59.7 Å². The lowest BCUT2D eigenvalue weighted by Crippen LogP contribution is -2.59. The molecule has 1 unspecified atom stereocenters. The van der Waals surface area contributed by atoms with Crippen LogP contribution in [0.4, 0.5) is 0 Å². The van der Waals surface area contributed by atoms with Crippen molar-refractivity contribution in [1.82, 2.24) is 30.3 Å². The fraction of sp³-hybridized carbons (Fsp3) is 0.556. The molecule has 5 atom stereocenters. The number of pyridine rings is 1. The highest BCUT2D eigenvalue weighted by molar-refractivity contribution is 5.94. The van der Waals surface area contributed by atoms with Crippen molar-refractivity contribution in [3.05, 3.63) is 36.4 Å². The Morgan fingerprint density at radius 1 is 1.16 bits per heavy atom. The Morgan fingerprint density at radius 2 is 1.86 bits per heavy atom. The zero-order valence-corrected chi connectivity index (χ0v) is 22.4. The highest BCUT2D eigenvalue weighted by Gasteiger charge is 2.69. The normalized spacial score (nSPS) is 23.4. The number of aryl methyl sites for hydroxylation is 1. The molecule has 1 saturated heterocycles. The van der Waals surface area contributed by atoms with Gasteiger partial charge in [0.1, 0.15) is 18.1 Å². The summed E-state index contributed by atoms with van der Waals surface area (Å²) in [6.07, 6.45) is 6.79. The van der Waals surface area contributed by atoms with E-state index in [-0.39, 0.29) is 35.0 Å². The molecule has 2 aromatic rings. The average Bonchev–Trinajstić information content (AvgIpc) is 3.21. The maximum Gasteiger partial charge on any atom is 0.246 e. The van der Waals surface area contributed by atoms with Crippen LogP contribution in [0, 0.1) is 34.0 Å². The first-order valence-corrected chi connectivity index (χ1v) is 12.5. The Labute approximate surface area is 217 Å². The van der Waals surface area contributed by atoms with Gasteiger partial charge in [-0.15, -0.1) is 0 Å². The van der Waals surface area contributed by atoms with Crippen molar-refractivity contribution in [3.63, 3.8) is 0 Å². The fourth-order valence-electron chi connectivity index (χ4n) is 5.59. The van der Waals surface area contributed by atoms with Crippen LogP contribution in [0.15, 0.2) is 30.9 Å². The summed E-state index contributed by atoms with van der Waals surface area (Å²) < 4.78 is 1.68. The number of rotatable bonds is 6. The molecule has 10 heteroatoms. The molecular formula is C27H35N7O3. The zero-order chi connectivity index (χ0) is 27.3. The fourth-order valence-corrected chi connectivity index (χ4v) is 5.59. The number of amides is 3. The van der Waals surface area contributed by atoms with E-state index in [4.69, 9.17) is 0 Å². The second-order valence-electron chi connectivity index (χ2n) is 11.9. The molecule has 0 bridgehead atoms. The molecule has 37 heavy (non-hydrogen) atoms. The van der Waals surface area contributed by atoms with Crippen molar-refractivity contribution in [2.75, 3.05) is 6.54 Å². The summed E-state index contributed by atoms with van der Waals surface area (Å²) in [5.74, 6) is -0.792. The SMILES string of the molecule is CC(=O)N[C@H](C(=O)N1C[C@H]2[C@@H]([C@H]1C(=O)NC(C#N)c1cncc(-c3cnn(C)c3)c1)C2(C)C)C(C)(C)C. The lowest BCUT2D eigenvalue weighted by molar-refractivity contribution is -0.145. The van der Waals surface area contributed by atoms with Crippen LogP contribution in [0.1, 0.15) is 53.1 Å². The van der Waals surface area contributed by atoms with Crippen LogP contribution < -0.4 is 10.6 Å². The minimum Gasteiger partial charge on any atom is -0.344 e. The second-order valence-corrected chi connectivity index (χ2v) is 11.9. The van der Waals surface area contributed by atoms with Gasteiger partial charge in [0.15, 0.2) is 0 Å². The van der Waals surface area contributed by atoms with E-state index in [1.807, 2.05) is 40.1 Å². The first kappa shape index (κ1) is 26.3. The number of carbonyl (C=O) groups is 3. The molecule has 196 valence electrons. The topological polar surface area (TPSA) is 133 Å². The molecule has 2 aromatic heterocycles. The summed E-state index contributed by atoms with van der Waals surface area (Å²) in [6, 6.07) is 1.54. The summed E-state index contributed by atoms with van der Waals surface area (Å²) in [4.78, 5) is 45.1. The second kappa shape index (κ2) is 9.29. The van der Waals surface area contributed by atoms with Gasteiger partial charge in [-0.1, -0.05) is 34.6 Å². The van der Waals surface area contributed by atoms with E-state index >= 15 is 0 Å². The molecule has 2 N–H and O–H groups in total. The number of piperidine rings is 1. The maximum atomic E-state index is 13.7. The number of hydrogen-bond donors (Lipinski definition) is 2. The monoisotopic (exact) mass is 505 g/mol. The Hall–Kier alpha value is -3.74. The molecule has 3 heterocycles. The zero-order valence-electron chi connectivity index (χ0n) is 22.4. The molecule has 1 saturated carbocycles. The third kappa shape index (κ3) is 4.95. The molecule has 2 fully saturated rings. The largest absolute Gasteiger partial charge is 0.344 e. The molecule has 0 radical (unpaired) electrons. The summed E-state index contributed by atoms with van der Waals surface area (Å²) in [5.41, 5.74) is 1.55. The minimum absolute atomic E-state index is 0.0198. The van der Waals surface area contributed by atoms with E-state index in [1.165, 1.54) is 6.92 Å². The van der Waals surface area contributed by atoms with Gasteiger partial charge in [-0.2, -0.15) is 10.4 Å². The Kier molecular flexibility index (Phi) is 6.61. The van der Waals surface area contributed by atoms with Crippen LogP contribution in [0.5, 0.6) is 0 Å². The summed E-state index contributed by atoms with van der Waals surface area (Å²) >= 11 is 0. The van der Waals surface area contributed by atoms with Crippen molar-refractivity contribution < 1.29 is 14.4 Å². The van der Waals surface area contributed by atoms with Gasteiger partial charge in [0.25, 0.3) is 0 Å². The van der Waals surface area contributed by atoms with Gasteiger partial charge in [-0.25, -0.2) is 0 Å². The van der Waals surface area contributed by atoms with Crippen LogP contribution in [0.2, 0.25) is 0 Å². The van der Waals surface area contributed by atoms with Crippen LogP contribution >= 0.6 is 0 Å². The van der Waals surface area contributed by atoms with E-state index in [0.717, 1.165) is 11.1 Å². The third-order valence-corrected chi connectivity index (χ3v) is 7.77. The predicted octanol–water partition coefficient (Wildman–Crippen LogP) is 2.20. The Balaban J connectivity index is 1.59. The van der Waals surface area contributed by atoms with Crippen LogP contribution in [-0.2, 0) is 21.4 Å². The quantitative estimate of drug-likeness (QED) is 0.618. The first-order valence-electron chi connectivity index (χ1n) is 12.5. The first-order chi connectivity index (χ1) is 17.3. The summed E-state index contributed by atoms with van der Waals surface area (Å²) in [5, 5.41) is 19.8. The van der Waals surface area contributed by atoms with Gasteiger partial charge in [-0.3, -0.25) is 24.0 Å². The lowest BCUT2D eigenvalue weighted by atomic mass is 9.85. The number of nitriles is 1. The number of fused-ring (bicyclic) bond motifs is 1. The van der Waals surface area contributed by atoms with Gasteiger partial charge in [0.2, 0.25) is 17.7 Å². The van der Waals surface area contributed by atoms with E-state index in [0.29, 0.717) is 12.1 Å². The highest BCUT2D eigenvalue weighted by atomic mass is 16.2. The third-order valence-electron chi connectivity index (χ3n) is 7.77. The molecule has 2 aliphatic rings. The molecule has 4 rings (SSSR count). The highest BCUT2D eigenvalue weighted by Crippen LogP contribution is 2.65. The molecule has 0 spiro atoms. The van der Waals surface area contributed by atoms with Gasteiger partial charge in [0.05, 0.1) is 12.3 Å². The van der Waals surface area contributed by atoms with Gasteiger partial charge in [0, 0.05) is 55.8 Å². The van der Waals surface area contributed by atoms with E-state index in [9.17, 15) is 19.6 Å². The smallest absolute Gasteiger partial charge is 0.246 e. The standard InChI is InChI=1S/C27H35N7O3/c1-15(35)31-23(26(2,3)4)25(37)34-14-19-21(27(19,5)6)22(34)24(36)32-20(9-28)17-8-16(10-29-11-17)18-12-30-33(7)13-18/h8,10-13,19-23H,14H2,1-7H3,(H,31,35)(H,32,36)/t19-,20?,21-,22-,23+/m0/s1. The van der Waals surface area contributed by atoms with Crippen LogP contribution in [0.25, 0.3) is 11.1 Å². The number of hydrogen-bond acceptors (Lipinski definition) is 6. The molecule has 1 aliphatic heterocycles. The summed E-state index contributed by atoms with van der Waals surface area (Å²) in [6.45, 7) is 11.7. The number of aromatic nitrogens is 3. The number of nitrogens with one attached hydrogen (secondary N) is 2. The number of carbonyl (C=O) groups excluding carboxylic acids is 3. The maximum absolute atomic E-state index is 13.7. The van der Waals surface area contributed by atoms with Crippen molar-refractivity contribution in [1.29, 1.82) is 5.26 Å².